The van der Waals surface area contributed by atoms with Crippen molar-refractivity contribution < 1.29 is 4.39 Å². The monoisotopic (exact) mass is 276 g/mol. The molecule has 0 spiro atoms. The molecule has 3 heterocycles. The van der Waals surface area contributed by atoms with Crippen molar-refractivity contribution in [2.75, 3.05) is 18.0 Å². The molecule has 3 rings (SSSR count). The van der Waals surface area contributed by atoms with Crippen LogP contribution in [-0.2, 0) is 0 Å². The number of aromatic amines is 1. The fourth-order valence-electron chi connectivity index (χ4n) is 2.36. The second-order valence-corrected chi connectivity index (χ2v) is 5.22. The third kappa shape index (κ3) is 2.36. The van der Waals surface area contributed by atoms with Crippen molar-refractivity contribution in [2.45, 2.75) is 19.4 Å². The summed E-state index contributed by atoms with van der Waals surface area (Å²) in [6.07, 6.45) is 3.70. The molecule has 0 aromatic carbocycles. The summed E-state index contributed by atoms with van der Waals surface area (Å²) < 4.78 is 13.7. The van der Waals surface area contributed by atoms with Gasteiger partial charge in [0.2, 0.25) is 5.95 Å². The van der Waals surface area contributed by atoms with E-state index in [1.165, 1.54) is 6.20 Å². The zero-order chi connectivity index (χ0) is 14.1. The predicted octanol–water partition coefficient (Wildman–Crippen LogP) is 1.18. The molecule has 2 atom stereocenters. The molecule has 6 nitrogen and oxygen atoms in total. The minimum Gasteiger partial charge on any atom is -0.338 e. The minimum atomic E-state index is -0.417. The summed E-state index contributed by atoms with van der Waals surface area (Å²) in [6.45, 7) is 3.74. The normalized spacial score (nSPS) is 23.1. The summed E-state index contributed by atoms with van der Waals surface area (Å²) in [4.78, 5) is 10.1. The first-order chi connectivity index (χ1) is 9.65. The summed E-state index contributed by atoms with van der Waals surface area (Å²) >= 11 is 0. The Bertz CT molecular complexity index is 598. The highest BCUT2D eigenvalue weighted by Gasteiger charge is 2.25. The number of halogens is 1. The Morgan fingerprint density at radius 3 is 3.10 bits per heavy atom. The Balaban J connectivity index is 1.82. The molecule has 0 saturated carbocycles. The van der Waals surface area contributed by atoms with Crippen LogP contribution in [0.4, 0.5) is 10.3 Å². The first-order valence-corrected chi connectivity index (χ1v) is 6.68. The van der Waals surface area contributed by atoms with E-state index in [0.29, 0.717) is 23.3 Å². The van der Waals surface area contributed by atoms with Crippen molar-refractivity contribution in [3.05, 3.63) is 24.3 Å². The molecule has 1 aliphatic rings. The lowest BCUT2D eigenvalue weighted by molar-refractivity contribution is 0.376. The number of nitrogens with two attached hydrogens (primary N) is 1. The Morgan fingerprint density at radius 2 is 2.35 bits per heavy atom. The van der Waals surface area contributed by atoms with Gasteiger partial charge < -0.3 is 10.6 Å². The number of rotatable bonds is 2. The van der Waals surface area contributed by atoms with E-state index in [0.717, 1.165) is 25.7 Å². The Hall–Kier alpha value is -2.02. The molecular weight excluding hydrogens is 259 g/mol. The number of hydrogen-bond donors (Lipinski definition) is 2. The quantitative estimate of drug-likeness (QED) is 0.860. The largest absolute Gasteiger partial charge is 0.338 e. The summed E-state index contributed by atoms with van der Waals surface area (Å²) in [5.41, 5.74) is 6.44. The molecule has 20 heavy (non-hydrogen) atoms. The maximum Gasteiger partial charge on any atom is 0.245 e. The van der Waals surface area contributed by atoms with Crippen molar-refractivity contribution in [3.63, 3.8) is 0 Å². The summed E-state index contributed by atoms with van der Waals surface area (Å²) in [7, 11) is 0. The van der Waals surface area contributed by atoms with Crippen molar-refractivity contribution in [1.29, 1.82) is 0 Å². The number of anilines is 1. The van der Waals surface area contributed by atoms with Crippen LogP contribution in [-0.4, -0.2) is 39.3 Å². The van der Waals surface area contributed by atoms with Crippen LogP contribution in [0.3, 0.4) is 0 Å². The van der Waals surface area contributed by atoms with Gasteiger partial charge in [-0.25, -0.2) is 4.39 Å². The van der Waals surface area contributed by atoms with E-state index in [1.807, 2.05) is 4.90 Å². The molecule has 3 N–H and O–H groups in total. The Kier molecular flexibility index (Phi) is 3.35. The first-order valence-electron chi connectivity index (χ1n) is 6.68. The fraction of sp³-hybridized carbons (Fsp3) is 0.462. The summed E-state index contributed by atoms with van der Waals surface area (Å²) in [6, 6.07) is 1.69. The molecule has 1 aliphatic heterocycles. The molecule has 2 aromatic rings. The van der Waals surface area contributed by atoms with Crippen LogP contribution in [0.2, 0.25) is 0 Å². The molecule has 0 radical (unpaired) electrons. The lowest BCUT2D eigenvalue weighted by Crippen LogP contribution is -2.48. The van der Waals surface area contributed by atoms with E-state index in [1.54, 1.807) is 6.07 Å². The van der Waals surface area contributed by atoms with Crippen LogP contribution in [0.25, 0.3) is 11.4 Å². The molecule has 1 fully saturated rings. The Morgan fingerprint density at radius 1 is 1.50 bits per heavy atom. The molecule has 0 bridgehead atoms. The molecule has 7 heteroatoms. The van der Waals surface area contributed by atoms with Gasteiger partial charge in [0.05, 0.1) is 11.8 Å². The van der Waals surface area contributed by atoms with Gasteiger partial charge in [-0.3, -0.25) is 10.1 Å². The predicted molar refractivity (Wildman–Crippen MR) is 73.5 cm³/mol. The zero-order valence-corrected chi connectivity index (χ0v) is 11.3. The SMILES string of the molecule is CC1CCN(c2n[nH]c(-c3ccncc3F)n2)CC1N. The van der Waals surface area contributed by atoms with Crippen molar-refractivity contribution in [3.8, 4) is 11.4 Å². The lowest BCUT2D eigenvalue weighted by Gasteiger charge is -2.34. The van der Waals surface area contributed by atoms with Crippen molar-refractivity contribution in [1.82, 2.24) is 20.2 Å². The molecule has 0 aliphatic carbocycles. The third-order valence-electron chi connectivity index (χ3n) is 3.80. The highest BCUT2D eigenvalue weighted by atomic mass is 19.1. The van der Waals surface area contributed by atoms with Crippen LogP contribution >= 0.6 is 0 Å². The number of nitrogens with zero attached hydrogens (tertiary/aromatic N) is 4. The third-order valence-corrected chi connectivity index (χ3v) is 3.80. The molecule has 106 valence electrons. The van der Waals surface area contributed by atoms with E-state index in [2.05, 4.69) is 27.1 Å². The van der Waals surface area contributed by atoms with Gasteiger partial charge in [-0.05, 0) is 18.4 Å². The minimum absolute atomic E-state index is 0.114. The highest BCUT2D eigenvalue weighted by Crippen LogP contribution is 2.23. The smallest absolute Gasteiger partial charge is 0.245 e. The zero-order valence-electron chi connectivity index (χ0n) is 11.3. The van der Waals surface area contributed by atoms with Gasteiger partial charge in [0, 0.05) is 25.3 Å². The number of pyridine rings is 1. The van der Waals surface area contributed by atoms with E-state index >= 15 is 0 Å². The van der Waals surface area contributed by atoms with Gasteiger partial charge in [0.1, 0.15) is 0 Å². The summed E-state index contributed by atoms with van der Waals surface area (Å²) in [5, 5.41) is 6.94. The molecule has 2 aromatic heterocycles. The second kappa shape index (κ2) is 5.16. The number of hydrogen-bond acceptors (Lipinski definition) is 5. The van der Waals surface area contributed by atoms with E-state index in [-0.39, 0.29) is 6.04 Å². The topological polar surface area (TPSA) is 83.7 Å². The van der Waals surface area contributed by atoms with Gasteiger partial charge in [-0.15, -0.1) is 5.10 Å². The number of piperidine rings is 1. The number of nitrogens with one attached hydrogen (secondary N) is 1. The van der Waals surface area contributed by atoms with Crippen LogP contribution in [0.5, 0.6) is 0 Å². The second-order valence-electron chi connectivity index (χ2n) is 5.22. The molecular formula is C13H17FN6. The molecule has 1 saturated heterocycles. The van der Waals surface area contributed by atoms with Gasteiger partial charge in [0.25, 0.3) is 0 Å². The highest BCUT2D eigenvalue weighted by molar-refractivity contribution is 5.56. The van der Waals surface area contributed by atoms with Crippen molar-refractivity contribution in [2.24, 2.45) is 11.7 Å². The van der Waals surface area contributed by atoms with Crippen LogP contribution in [0.1, 0.15) is 13.3 Å². The fourth-order valence-corrected chi connectivity index (χ4v) is 2.36. The molecule has 0 amide bonds. The van der Waals surface area contributed by atoms with E-state index < -0.39 is 5.82 Å². The maximum absolute atomic E-state index is 13.7. The first kappa shape index (κ1) is 13.0. The summed E-state index contributed by atoms with van der Waals surface area (Å²) in [5.74, 6) is 1.06. The van der Waals surface area contributed by atoms with Gasteiger partial charge in [0.15, 0.2) is 11.6 Å². The van der Waals surface area contributed by atoms with Gasteiger partial charge >= 0.3 is 0 Å². The van der Waals surface area contributed by atoms with Gasteiger partial charge in [-0.2, -0.15) is 4.98 Å². The number of H-pyrrole nitrogens is 1. The van der Waals surface area contributed by atoms with Crippen molar-refractivity contribution >= 4 is 5.95 Å². The maximum atomic E-state index is 13.7. The standard InChI is InChI=1S/C13H17FN6/c1-8-3-5-20(7-11(8)15)13-17-12(18-19-13)9-2-4-16-6-10(9)14/h2,4,6,8,11H,3,5,7,15H2,1H3,(H,17,18,19). The Labute approximate surface area is 116 Å². The van der Waals surface area contributed by atoms with Crippen LogP contribution in [0.15, 0.2) is 18.5 Å². The van der Waals surface area contributed by atoms with E-state index in [4.69, 9.17) is 5.73 Å². The lowest BCUT2D eigenvalue weighted by atomic mass is 9.95. The van der Waals surface area contributed by atoms with Gasteiger partial charge in [-0.1, -0.05) is 6.92 Å². The van der Waals surface area contributed by atoms with E-state index in [9.17, 15) is 4.39 Å². The van der Waals surface area contributed by atoms with Crippen LogP contribution in [0, 0.1) is 11.7 Å². The average molecular weight is 276 g/mol. The van der Waals surface area contributed by atoms with Crippen LogP contribution < -0.4 is 10.6 Å². The number of aromatic nitrogens is 4. The molecule has 2 unspecified atom stereocenters. The average Bonchev–Trinajstić information content (AvgIpc) is 2.92.